The van der Waals surface area contributed by atoms with Gasteiger partial charge in [0.05, 0.1) is 38.3 Å². The lowest BCUT2D eigenvalue weighted by molar-refractivity contribution is -0.115. The molecule has 0 unspecified atom stereocenters. The van der Waals surface area contributed by atoms with Crippen LogP contribution in [0.4, 0.5) is 5.00 Å². The third-order valence-electron chi connectivity index (χ3n) is 5.26. The monoisotopic (exact) mass is 571 g/mol. The highest BCUT2D eigenvalue weighted by Crippen LogP contribution is 2.32. The molecule has 0 aliphatic rings. The Morgan fingerprint density at radius 3 is 2.47 bits per heavy atom. The van der Waals surface area contributed by atoms with Gasteiger partial charge in [0, 0.05) is 15.2 Å². The molecule has 2 heterocycles. The molecule has 4 aromatic rings. The highest BCUT2D eigenvalue weighted by molar-refractivity contribution is 9.10. The van der Waals surface area contributed by atoms with Crippen molar-refractivity contribution >= 4 is 54.9 Å². The Labute approximate surface area is 218 Å². The van der Waals surface area contributed by atoms with Crippen molar-refractivity contribution in [3.05, 3.63) is 73.9 Å². The van der Waals surface area contributed by atoms with Gasteiger partial charge in [-0.2, -0.15) is 9.78 Å². The molecule has 186 valence electrons. The van der Waals surface area contributed by atoms with E-state index in [9.17, 15) is 14.4 Å². The number of halogens is 1. The first-order chi connectivity index (χ1) is 17.4. The van der Waals surface area contributed by atoms with Gasteiger partial charge in [-0.05, 0) is 48.9 Å². The van der Waals surface area contributed by atoms with Gasteiger partial charge >= 0.3 is 5.97 Å². The molecule has 0 radical (unpaired) electrons. The van der Waals surface area contributed by atoms with E-state index in [1.807, 2.05) is 0 Å². The predicted molar refractivity (Wildman–Crippen MR) is 141 cm³/mol. The van der Waals surface area contributed by atoms with Crippen LogP contribution in [-0.2, 0) is 16.0 Å². The van der Waals surface area contributed by atoms with Gasteiger partial charge in [0.25, 0.3) is 5.56 Å². The van der Waals surface area contributed by atoms with Crippen LogP contribution in [0.5, 0.6) is 11.5 Å². The lowest BCUT2D eigenvalue weighted by atomic mass is 10.1. The van der Waals surface area contributed by atoms with E-state index in [1.54, 1.807) is 54.8 Å². The van der Waals surface area contributed by atoms with Crippen LogP contribution in [0.25, 0.3) is 16.5 Å². The van der Waals surface area contributed by atoms with Gasteiger partial charge in [-0.3, -0.25) is 9.59 Å². The second kappa shape index (κ2) is 10.9. The van der Waals surface area contributed by atoms with Gasteiger partial charge in [-0.15, -0.1) is 11.3 Å². The Morgan fingerprint density at radius 2 is 1.81 bits per heavy atom. The van der Waals surface area contributed by atoms with Crippen molar-refractivity contribution in [3.8, 4) is 17.2 Å². The van der Waals surface area contributed by atoms with E-state index < -0.39 is 11.5 Å². The van der Waals surface area contributed by atoms with Crippen LogP contribution in [-0.4, -0.2) is 42.5 Å². The molecule has 36 heavy (non-hydrogen) atoms. The zero-order valence-corrected chi connectivity index (χ0v) is 22.1. The standard InChI is InChI=1S/C25H22BrN3O6S/c1-4-35-25(32)22-17-13-36-23(21(17)24(31)29(28-22)16-8-6-15(26)7-9-16)27-20(30)12-14-5-10-18(33-2)19(11-14)34-3/h5-11,13H,4,12H2,1-3H3,(H,27,30). The molecule has 0 aliphatic carbocycles. The molecule has 2 aromatic carbocycles. The molecule has 1 N–H and O–H groups in total. The van der Waals surface area contributed by atoms with E-state index in [0.29, 0.717) is 33.1 Å². The molecular weight excluding hydrogens is 550 g/mol. The number of esters is 1. The molecule has 4 rings (SSSR count). The normalized spacial score (nSPS) is 10.8. The first-order valence-corrected chi connectivity index (χ1v) is 12.5. The van der Waals surface area contributed by atoms with Crippen LogP contribution in [0.2, 0.25) is 0 Å². The van der Waals surface area contributed by atoms with Crippen LogP contribution in [0.15, 0.2) is 57.1 Å². The Hall–Kier alpha value is -3.70. The number of ether oxygens (including phenoxy) is 3. The average molecular weight is 572 g/mol. The smallest absolute Gasteiger partial charge is 0.359 e. The number of nitrogens with one attached hydrogen (secondary N) is 1. The molecule has 0 saturated carbocycles. The number of rotatable bonds is 8. The van der Waals surface area contributed by atoms with Gasteiger partial charge in [0.2, 0.25) is 5.91 Å². The van der Waals surface area contributed by atoms with Gasteiger partial charge in [0.1, 0.15) is 5.00 Å². The Bertz CT molecular complexity index is 1500. The van der Waals surface area contributed by atoms with E-state index in [1.165, 1.54) is 14.2 Å². The molecular formula is C25H22BrN3O6S. The van der Waals surface area contributed by atoms with Crippen molar-refractivity contribution < 1.29 is 23.8 Å². The van der Waals surface area contributed by atoms with Crippen LogP contribution in [0.3, 0.4) is 0 Å². The van der Waals surface area contributed by atoms with Crippen molar-refractivity contribution in [1.29, 1.82) is 0 Å². The van der Waals surface area contributed by atoms with Crippen LogP contribution in [0.1, 0.15) is 23.0 Å². The summed E-state index contributed by atoms with van der Waals surface area (Å²) in [5.41, 5.74) is 0.686. The van der Waals surface area contributed by atoms with Crippen molar-refractivity contribution in [2.75, 3.05) is 26.1 Å². The van der Waals surface area contributed by atoms with Crippen LogP contribution >= 0.6 is 27.3 Å². The number of carbonyl (C=O) groups is 2. The number of amides is 1. The summed E-state index contributed by atoms with van der Waals surface area (Å²) in [7, 11) is 3.05. The molecule has 0 bridgehead atoms. The number of anilines is 1. The van der Waals surface area contributed by atoms with E-state index in [2.05, 4.69) is 26.3 Å². The van der Waals surface area contributed by atoms with Crippen molar-refractivity contribution in [1.82, 2.24) is 9.78 Å². The van der Waals surface area contributed by atoms with Crippen molar-refractivity contribution in [3.63, 3.8) is 0 Å². The summed E-state index contributed by atoms with van der Waals surface area (Å²) in [6, 6.07) is 12.1. The highest BCUT2D eigenvalue weighted by atomic mass is 79.9. The summed E-state index contributed by atoms with van der Waals surface area (Å²) in [4.78, 5) is 39.1. The van der Waals surface area contributed by atoms with E-state index in [-0.39, 0.29) is 30.0 Å². The Morgan fingerprint density at radius 1 is 1.08 bits per heavy atom. The van der Waals surface area contributed by atoms with Gasteiger partial charge in [-0.1, -0.05) is 22.0 Å². The topological polar surface area (TPSA) is 109 Å². The molecule has 2 aromatic heterocycles. The maximum Gasteiger partial charge on any atom is 0.359 e. The largest absolute Gasteiger partial charge is 0.493 e. The predicted octanol–water partition coefficient (Wildman–Crippen LogP) is 4.58. The summed E-state index contributed by atoms with van der Waals surface area (Å²) < 4.78 is 17.7. The summed E-state index contributed by atoms with van der Waals surface area (Å²) in [5, 5.41) is 9.55. The van der Waals surface area contributed by atoms with E-state index in [0.717, 1.165) is 20.5 Å². The van der Waals surface area contributed by atoms with Crippen LogP contribution < -0.4 is 20.3 Å². The number of carbonyl (C=O) groups excluding carboxylic acids is 2. The van der Waals surface area contributed by atoms with Crippen LogP contribution in [0, 0.1) is 0 Å². The fourth-order valence-corrected chi connectivity index (χ4v) is 4.81. The third-order valence-corrected chi connectivity index (χ3v) is 6.68. The second-order valence-corrected chi connectivity index (χ2v) is 9.33. The van der Waals surface area contributed by atoms with Gasteiger partial charge in [-0.25, -0.2) is 4.79 Å². The Kier molecular flexibility index (Phi) is 7.70. The number of benzene rings is 2. The molecule has 0 fully saturated rings. The minimum atomic E-state index is -0.658. The molecule has 0 saturated heterocycles. The summed E-state index contributed by atoms with van der Waals surface area (Å²) in [5.74, 6) is 0.0646. The van der Waals surface area contributed by atoms with Gasteiger partial charge < -0.3 is 19.5 Å². The molecule has 0 aliphatic heterocycles. The van der Waals surface area contributed by atoms with E-state index >= 15 is 0 Å². The third kappa shape index (κ3) is 5.12. The highest BCUT2D eigenvalue weighted by Gasteiger charge is 2.23. The van der Waals surface area contributed by atoms with Crippen molar-refractivity contribution in [2.45, 2.75) is 13.3 Å². The number of hydrogen-bond donors (Lipinski definition) is 1. The minimum Gasteiger partial charge on any atom is -0.493 e. The first kappa shape index (κ1) is 25.4. The lowest BCUT2D eigenvalue weighted by Gasteiger charge is -2.11. The molecule has 1 amide bonds. The van der Waals surface area contributed by atoms with E-state index in [4.69, 9.17) is 14.2 Å². The maximum atomic E-state index is 13.5. The number of thiophene rings is 1. The zero-order chi connectivity index (χ0) is 25.8. The molecule has 9 nitrogen and oxygen atoms in total. The average Bonchev–Trinajstić information content (AvgIpc) is 3.28. The SMILES string of the molecule is CCOC(=O)c1nn(-c2ccc(Br)cc2)c(=O)c2c(NC(=O)Cc3ccc(OC)c(OC)c3)scc12. The summed E-state index contributed by atoms with van der Waals surface area (Å²) in [6.45, 7) is 1.84. The first-order valence-electron chi connectivity index (χ1n) is 10.8. The number of methoxy groups -OCH3 is 2. The minimum absolute atomic E-state index is 0.00833. The quantitative estimate of drug-likeness (QED) is 0.308. The van der Waals surface area contributed by atoms with Gasteiger partial charge in [0.15, 0.2) is 17.2 Å². The molecule has 0 atom stereocenters. The lowest BCUT2D eigenvalue weighted by Crippen LogP contribution is -2.25. The maximum absolute atomic E-state index is 13.5. The number of fused-ring (bicyclic) bond motifs is 1. The molecule has 11 heteroatoms. The van der Waals surface area contributed by atoms with Crippen molar-refractivity contribution in [2.24, 2.45) is 0 Å². The number of nitrogens with zero attached hydrogens (tertiary/aromatic N) is 2. The zero-order valence-electron chi connectivity index (χ0n) is 19.7. The second-order valence-electron chi connectivity index (χ2n) is 7.53. The fourth-order valence-electron chi connectivity index (χ4n) is 3.60. The summed E-state index contributed by atoms with van der Waals surface area (Å²) in [6.07, 6.45) is 0.0382. The number of aromatic nitrogens is 2. The fraction of sp³-hybridized carbons (Fsp3) is 0.200. The summed E-state index contributed by atoms with van der Waals surface area (Å²) >= 11 is 4.51. The number of hydrogen-bond acceptors (Lipinski definition) is 8. The molecule has 0 spiro atoms. The Balaban J connectivity index is 1.74.